The van der Waals surface area contributed by atoms with Gasteiger partial charge in [-0.15, -0.1) is 0 Å². The molecular weight excluding hydrogens is 680 g/mol. The first-order valence-corrected chi connectivity index (χ1v) is 18.6. The molecular formula is C36H39ClN6O6S. The monoisotopic (exact) mass is 718 g/mol. The number of aromatic nitrogens is 4. The third-order valence-electron chi connectivity index (χ3n) is 8.22. The predicted octanol–water partition coefficient (Wildman–Crippen LogP) is 6.46. The fourth-order valence-corrected chi connectivity index (χ4v) is 6.55. The molecule has 0 aliphatic carbocycles. The minimum Gasteiger partial charge on any atom is -0.462 e. The predicted molar refractivity (Wildman–Crippen MR) is 194 cm³/mol. The van der Waals surface area contributed by atoms with Crippen LogP contribution in [0.2, 0.25) is 5.02 Å². The number of ether oxygens (including phenoxy) is 1. The standard InChI is InChI=1S/C36H39ClN6O6S/c1-4-6-9-23(29-10-7-8-19-38-29)18-21-43-33(41-32-27(35(43)45)17-20-39-32)31(24-11-13-25(14-12-24)36(46)49-5-2)34(44)40-30-22-26(15-16-28(30)37)42-50(3,47)48/h7-8,10-17,19-20,22-23,31,39,42H,4-6,9,18,21H2,1-3H3,(H,40,44). The fourth-order valence-electron chi connectivity index (χ4n) is 5.83. The quantitative estimate of drug-likeness (QED) is 0.104. The first-order valence-electron chi connectivity index (χ1n) is 16.3. The average molecular weight is 719 g/mol. The lowest BCUT2D eigenvalue weighted by Gasteiger charge is -2.23. The minimum atomic E-state index is -3.62. The first-order chi connectivity index (χ1) is 24.0. The van der Waals surface area contributed by atoms with Crippen molar-refractivity contribution in [1.29, 1.82) is 0 Å². The van der Waals surface area contributed by atoms with Crippen molar-refractivity contribution in [1.82, 2.24) is 19.5 Å². The van der Waals surface area contributed by atoms with Gasteiger partial charge in [-0.3, -0.25) is 23.9 Å². The van der Waals surface area contributed by atoms with E-state index < -0.39 is 27.8 Å². The molecule has 0 aliphatic rings. The number of carbonyl (C=O) groups excluding carboxylic acids is 2. The molecule has 3 aromatic heterocycles. The molecule has 0 saturated carbocycles. The third-order valence-corrected chi connectivity index (χ3v) is 9.16. The van der Waals surface area contributed by atoms with Crippen molar-refractivity contribution in [2.24, 2.45) is 0 Å². The number of sulfonamides is 1. The van der Waals surface area contributed by atoms with Crippen LogP contribution in [0.25, 0.3) is 11.0 Å². The maximum absolute atomic E-state index is 14.4. The summed E-state index contributed by atoms with van der Waals surface area (Å²) in [6.07, 6.45) is 7.79. The number of pyridine rings is 1. The summed E-state index contributed by atoms with van der Waals surface area (Å²) in [6.45, 7) is 4.27. The molecule has 50 heavy (non-hydrogen) atoms. The molecule has 0 saturated heterocycles. The second kappa shape index (κ2) is 16.1. The van der Waals surface area contributed by atoms with Crippen molar-refractivity contribution in [3.8, 4) is 0 Å². The average Bonchev–Trinajstić information content (AvgIpc) is 3.57. The number of amides is 1. The van der Waals surface area contributed by atoms with Crippen LogP contribution in [0.15, 0.2) is 83.9 Å². The number of halogens is 1. The van der Waals surface area contributed by atoms with Gasteiger partial charge >= 0.3 is 5.97 Å². The van der Waals surface area contributed by atoms with Gasteiger partial charge in [-0.25, -0.2) is 18.2 Å². The zero-order valence-corrected chi connectivity index (χ0v) is 29.6. The van der Waals surface area contributed by atoms with Crippen LogP contribution in [0.4, 0.5) is 11.4 Å². The SMILES string of the molecule is CCCCC(CCn1c(C(C(=O)Nc2cc(NS(C)(=O)=O)ccc2Cl)c2ccc(C(=O)OCC)cc2)nc2[nH]ccc2c1=O)c1ccccn1. The van der Waals surface area contributed by atoms with E-state index in [0.717, 1.165) is 31.2 Å². The highest BCUT2D eigenvalue weighted by atomic mass is 35.5. The second-order valence-corrected chi connectivity index (χ2v) is 14.0. The van der Waals surface area contributed by atoms with Crippen LogP contribution in [-0.2, 0) is 26.1 Å². The van der Waals surface area contributed by atoms with Crippen molar-refractivity contribution in [2.75, 3.05) is 22.9 Å². The number of anilines is 2. The molecule has 3 heterocycles. The third kappa shape index (κ3) is 8.77. The molecule has 3 N–H and O–H groups in total. The Morgan fingerprint density at radius 2 is 1.82 bits per heavy atom. The number of hydrogen-bond acceptors (Lipinski definition) is 8. The Hall–Kier alpha value is -5.01. The van der Waals surface area contributed by atoms with Gasteiger partial charge in [0.1, 0.15) is 17.4 Å². The summed E-state index contributed by atoms with van der Waals surface area (Å²) in [5.74, 6) is -2.05. The summed E-state index contributed by atoms with van der Waals surface area (Å²) >= 11 is 6.47. The number of hydrogen-bond donors (Lipinski definition) is 3. The number of rotatable bonds is 15. The maximum Gasteiger partial charge on any atom is 0.338 e. The molecule has 1 amide bonds. The van der Waals surface area contributed by atoms with Crippen LogP contribution in [0.3, 0.4) is 0 Å². The van der Waals surface area contributed by atoms with Gasteiger partial charge in [0.05, 0.1) is 40.2 Å². The Balaban J connectivity index is 1.62. The second-order valence-electron chi connectivity index (χ2n) is 11.9. The van der Waals surface area contributed by atoms with E-state index in [1.165, 1.54) is 22.8 Å². The number of aromatic amines is 1. The number of H-pyrrole nitrogens is 1. The van der Waals surface area contributed by atoms with E-state index in [1.54, 1.807) is 49.6 Å². The summed E-state index contributed by atoms with van der Waals surface area (Å²) in [4.78, 5) is 53.5. The van der Waals surface area contributed by atoms with Gasteiger partial charge in [0.15, 0.2) is 0 Å². The summed E-state index contributed by atoms with van der Waals surface area (Å²) < 4.78 is 32.9. The molecule has 0 aliphatic heterocycles. The highest BCUT2D eigenvalue weighted by Crippen LogP contribution is 2.32. The van der Waals surface area contributed by atoms with Gasteiger partial charge in [-0.2, -0.15) is 0 Å². The zero-order valence-electron chi connectivity index (χ0n) is 28.0. The van der Waals surface area contributed by atoms with Crippen molar-refractivity contribution in [3.05, 3.63) is 117 Å². The lowest BCUT2D eigenvalue weighted by Crippen LogP contribution is -2.33. The normalized spacial score (nSPS) is 12.7. The maximum atomic E-state index is 14.4. The largest absolute Gasteiger partial charge is 0.462 e. The van der Waals surface area contributed by atoms with E-state index in [9.17, 15) is 22.8 Å². The Kier molecular flexibility index (Phi) is 11.7. The fraction of sp³-hybridized carbons (Fsp3) is 0.306. The minimum absolute atomic E-state index is 0.0536. The Morgan fingerprint density at radius 1 is 1.04 bits per heavy atom. The van der Waals surface area contributed by atoms with Crippen molar-refractivity contribution in [2.45, 2.75) is 57.9 Å². The van der Waals surface area contributed by atoms with Gasteiger partial charge < -0.3 is 15.0 Å². The number of unbranched alkanes of at least 4 members (excludes halogenated alkanes) is 1. The summed E-state index contributed by atoms with van der Waals surface area (Å²) in [7, 11) is -3.62. The lowest BCUT2D eigenvalue weighted by molar-refractivity contribution is -0.117. The highest BCUT2D eigenvalue weighted by molar-refractivity contribution is 7.92. The van der Waals surface area contributed by atoms with E-state index in [2.05, 4.69) is 26.9 Å². The summed E-state index contributed by atoms with van der Waals surface area (Å²) in [5.41, 5.74) is 1.98. The highest BCUT2D eigenvalue weighted by Gasteiger charge is 2.30. The molecule has 14 heteroatoms. The number of nitrogens with zero attached hydrogens (tertiary/aromatic N) is 3. The molecule has 2 atom stereocenters. The van der Waals surface area contributed by atoms with Crippen LogP contribution in [0.5, 0.6) is 0 Å². The van der Waals surface area contributed by atoms with Crippen LogP contribution in [0.1, 0.15) is 78.8 Å². The van der Waals surface area contributed by atoms with Gasteiger partial charge in [-0.1, -0.05) is 49.6 Å². The molecule has 0 radical (unpaired) electrons. The number of esters is 1. The number of benzene rings is 2. The summed E-state index contributed by atoms with van der Waals surface area (Å²) in [5, 5.41) is 3.36. The molecule has 2 unspecified atom stereocenters. The first kappa shape index (κ1) is 36.3. The molecule has 5 rings (SSSR count). The van der Waals surface area contributed by atoms with Crippen LogP contribution >= 0.6 is 11.6 Å². The van der Waals surface area contributed by atoms with E-state index in [-0.39, 0.29) is 52.4 Å². The van der Waals surface area contributed by atoms with Crippen LogP contribution in [-0.4, -0.2) is 52.7 Å². The zero-order chi connectivity index (χ0) is 35.8. The van der Waals surface area contributed by atoms with Gasteiger partial charge in [-0.05, 0) is 73.9 Å². The van der Waals surface area contributed by atoms with Crippen LogP contribution < -0.4 is 15.6 Å². The Bertz CT molecular complexity index is 2130. The Morgan fingerprint density at radius 3 is 2.50 bits per heavy atom. The smallest absolute Gasteiger partial charge is 0.338 e. The van der Waals surface area contributed by atoms with Crippen molar-refractivity contribution in [3.63, 3.8) is 0 Å². The Labute approximate surface area is 295 Å². The van der Waals surface area contributed by atoms with Gasteiger partial charge in [0.25, 0.3) is 5.56 Å². The molecule has 2 aromatic carbocycles. The van der Waals surface area contributed by atoms with E-state index in [4.69, 9.17) is 21.3 Å². The number of carbonyl (C=O) groups is 2. The summed E-state index contributed by atoms with van der Waals surface area (Å²) in [6, 6.07) is 18.1. The van der Waals surface area contributed by atoms with Gasteiger partial charge in [0.2, 0.25) is 15.9 Å². The lowest BCUT2D eigenvalue weighted by atomic mass is 9.93. The van der Waals surface area contributed by atoms with E-state index in [0.29, 0.717) is 23.0 Å². The molecule has 12 nitrogen and oxygen atoms in total. The molecule has 262 valence electrons. The molecule has 0 fully saturated rings. The number of fused-ring (bicyclic) bond motifs is 1. The molecule has 5 aromatic rings. The van der Waals surface area contributed by atoms with Crippen LogP contribution in [0, 0.1) is 0 Å². The van der Waals surface area contributed by atoms with E-state index >= 15 is 0 Å². The van der Waals surface area contributed by atoms with E-state index in [1.807, 2.05) is 18.2 Å². The molecule has 0 spiro atoms. The van der Waals surface area contributed by atoms with Crippen molar-refractivity contribution >= 4 is 55.9 Å². The number of nitrogens with one attached hydrogen (secondary N) is 3. The van der Waals surface area contributed by atoms with Gasteiger partial charge in [0, 0.05) is 30.6 Å². The van der Waals surface area contributed by atoms with Crippen molar-refractivity contribution < 1.29 is 22.7 Å². The topological polar surface area (TPSA) is 165 Å². The molecule has 0 bridgehead atoms.